The minimum absolute atomic E-state index is 0.129. The van der Waals surface area contributed by atoms with E-state index in [1.807, 2.05) is 0 Å². The Morgan fingerprint density at radius 2 is 2.12 bits per heavy atom. The van der Waals surface area contributed by atoms with Gasteiger partial charge in [-0.1, -0.05) is 6.92 Å². The van der Waals surface area contributed by atoms with Crippen LogP contribution in [0.4, 0.5) is 0 Å². The molecule has 16 heavy (non-hydrogen) atoms. The van der Waals surface area contributed by atoms with Crippen molar-refractivity contribution in [3.63, 3.8) is 0 Å². The molecule has 0 spiro atoms. The fourth-order valence-electron chi connectivity index (χ4n) is 1.79. The molecule has 0 saturated carbocycles. The van der Waals surface area contributed by atoms with Crippen LogP contribution in [0.1, 0.15) is 24.9 Å². The summed E-state index contributed by atoms with van der Waals surface area (Å²) < 4.78 is 5.36. The molecule has 0 aliphatic carbocycles. The van der Waals surface area contributed by atoms with Crippen molar-refractivity contribution in [3.05, 3.63) is 23.7 Å². The van der Waals surface area contributed by atoms with Crippen molar-refractivity contribution < 1.29 is 14.0 Å². The van der Waals surface area contributed by atoms with Crippen LogP contribution in [-0.2, 0) is 22.7 Å². The van der Waals surface area contributed by atoms with Crippen LogP contribution < -0.4 is 5.73 Å². The molecule has 0 radical (unpaired) electrons. The molecule has 1 atom stereocenters. The topological polar surface area (TPSA) is 76.5 Å². The van der Waals surface area contributed by atoms with E-state index in [-0.39, 0.29) is 24.3 Å². The van der Waals surface area contributed by atoms with Gasteiger partial charge in [0.25, 0.3) is 0 Å². The number of rotatable bonds is 3. The highest BCUT2D eigenvalue weighted by Crippen LogP contribution is 2.21. The summed E-state index contributed by atoms with van der Waals surface area (Å²) in [5.74, 6) is 0.772. The first-order valence-corrected chi connectivity index (χ1v) is 5.23. The summed E-state index contributed by atoms with van der Waals surface area (Å²) in [5.41, 5.74) is 5.41. The third kappa shape index (κ3) is 1.86. The highest BCUT2D eigenvalue weighted by Gasteiger charge is 2.35. The van der Waals surface area contributed by atoms with Crippen molar-refractivity contribution in [1.29, 1.82) is 0 Å². The van der Waals surface area contributed by atoms with Crippen molar-refractivity contribution in [2.45, 2.75) is 26.4 Å². The monoisotopic (exact) mass is 222 g/mol. The van der Waals surface area contributed by atoms with E-state index < -0.39 is 0 Å². The van der Waals surface area contributed by atoms with Gasteiger partial charge in [0.15, 0.2) is 0 Å². The van der Waals surface area contributed by atoms with Gasteiger partial charge in [-0.3, -0.25) is 14.5 Å². The number of carbonyl (C=O) groups excluding carboxylic acids is 2. The van der Waals surface area contributed by atoms with E-state index in [2.05, 4.69) is 0 Å². The second-order valence-electron chi connectivity index (χ2n) is 4.00. The van der Waals surface area contributed by atoms with Gasteiger partial charge in [-0.15, -0.1) is 0 Å². The summed E-state index contributed by atoms with van der Waals surface area (Å²) in [6.07, 6.45) is 0.295. The molecule has 5 nitrogen and oxygen atoms in total. The number of imide groups is 1. The second-order valence-corrected chi connectivity index (χ2v) is 4.00. The number of hydrogen-bond acceptors (Lipinski definition) is 4. The highest BCUT2D eigenvalue weighted by atomic mass is 16.3. The first kappa shape index (κ1) is 10.9. The van der Waals surface area contributed by atoms with Gasteiger partial charge in [0.1, 0.15) is 11.5 Å². The van der Waals surface area contributed by atoms with Crippen molar-refractivity contribution in [2.24, 2.45) is 11.7 Å². The number of amides is 2. The molecule has 1 saturated heterocycles. The first-order chi connectivity index (χ1) is 7.61. The van der Waals surface area contributed by atoms with Crippen LogP contribution in [0.15, 0.2) is 16.5 Å². The summed E-state index contributed by atoms with van der Waals surface area (Å²) in [6.45, 7) is 2.29. The van der Waals surface area contributed by atoms with Crippen LogP contribution in [0.3, 0.4) is 0 Å². The molecule has 5 heteroatoms. The molecule has 1 aliphatic rings. The fourth-order valence-corrected chi connectivity index (χ4v) is 1.79. The van der Waals surface area contributed by atoms with Crippen LogP contribution >= 0.6 is 0 Å². The zero-order chi connectivity index (χ0) is 11.7. The van der Waals surface area contributed by atoms with Gasteiger partial charge in [-0.25, -0.2) is 0 Å². The number of hydrogen-bond donors (Lipinski definition) is 1. The fraction of sp³-hybridized carbons (Fsp3) is 0.455. The number of nitrogens with zero attached hydrogens (tertiary/aromatic N) is 1. The van der Waals surface area contributed by atoms with Crippen LogP contribution in [0.25, 0.3) is 0 Å². The Hall–Kier alpha value is -1.62. The third-order valence-corrected chi connectivity index (χ3v) is 2.70. The van der Waals surface area contributed by atoms with Gasteiger partial charge < -0.3 is 10.2 Å². The molecule has 1 aliphatic heterocycles. The summed E-state index contributed by atoms with van der Waals surface area (Å²) in [7, 11) is 0. The zero-order valence-corrected chi connectivity index (χ0v) is 9.10. The number of likely N-dealkylation sites (tertiary alicyclic amines) is 1. The number of carbonyl (C=O) groups is 2. The Morgan fingerprint density at radius 1 is 1.44 bits per heavy atom. The SMILES string of the molecule is CC1CC(=O)N(Cc2ccc(CN)o2)C1=O. The maximum absolute atomic E-state index is 11.6. The summed E-state index contributed by atoms with van der Waals surface area (Å²) in [6, 6.07) is 3.50. The largest absolute Gasteiger partial charge is 0.463 e. The van der Waals surface area contributed by atoms with Crippen molar-refractivity contribution in [2.75, 3.05) is 0 Å². The molecule has 0 bridgehead atoms. The average molecular weight is 222 g/mol. The first-order valence-electron chi connectivity index (χ1n) is 5.23. The summed E-state index contributed by atoms with van der Waals surface area (Å²) in [4.78, 5) is 24.4. The standard InChI is InChI=1S/C11H14N2O3/c1-7-4-10(14)13(11(7)15)6-9-3-2-8(5-12)16-9/h2-3,7H,4-6,12H2,1H3. The van der Waals surface area contributed by atoms with E-state index >= 15 is 0 Å². The van der Waals surface area contributed by atoms with Gasteiger partial charge in [0.2, 0.25) is 11.8 Å². The second kappa shape index (κ2) is 4.09. The van der Waals surface area contributed by atoms with Crippen LogP contribution in [0.5, 0.6) is 0 Å². The molecular weight excluding hydrogens is 208 g/mol. The van der Waals surface area contributed by atoms with Crippen molar-refractivity contribution >= 4 is 11.8 Å². The Morgan fingerprint density at radius 3 is 2.62 bits per heavy atom. The molecule has 2 rings (SSSR count). The number of nitrogens with two attached hydrogens (primary N) is 1. The molecular formula is C11H14N2O3. The van der Waals surface area contributed by atoms with E-state index in [1.54, 1.807) is 19.1 Å². The molecule has 86 valence electrons. The van der Waals surface area contributed by atoms with Crippen LogP contribution in [0, 0.1) is 5.92 Å². The normalized spacial score (nSPS) is 20.9. The maximum Gasteiger partial charge on any atom is 0.232 e. The maximum atomic E-state index is 11.6. The van der Waals surface area contributed by atoms with Crippen molar-refractivity contribution in [3.8, 4) is 0 Å². The predicted octanol–water partition coefficient (Wildman–Crippen LogP) is 0.633. The smallest absolute Gasteiger partial charge is 0.232 e. The Labute approximate surface area is 93.2 Å². The van der Waals surface area contributed by atoms with E-state index in [0.717, 1.165) is 0 Å². The Kier molecular flexibility index (Phi) is 2.78. The van der Waals surface area contributed by atoms with Crippen LogP contribution in [-0.4, -0.2) is 16.7 Å². The summed E-state index contributed by atoms with van der Waals surface area (Å²) >= 11 is 0. The molecule has 1 unspecified atom stereocenters. The highest BCUT2D eigenvalue weighted by molar-refractivity contribution is 6.03. The zero-order valence-electron chi connectivity index (χ0n) is 9.10. The molecule has 1 aromatic heterocycles. The van der Waals surface area contributed by atoms with Gasteiger partial charge in [-0.2, -0.15) is 0 Å². The lowest BCUT2D eigenvalue weighted by molar-refractivity contribution is -0.140. The van der Waals surface area contributed by atoms with Crippen LogP contribution in [0.2, 0.25) is 0 Å². The van der Waals surface area contributed by atoms with Gasteiger partial charge in [0.05, 0.1) is 13.1 Å². The lowest BCUT2D eigenvalue weighted by Crippen LogP contribution is -2.29. The van der Waals surface area contributed by atoms with Gasteiger partial charge >= 0.3 is 0 Å². The molecule has 1 fully saturated rings. The molecule has 1 aromatic rings. The minimum atomic E-state index is -0.212. The van der Waals surface area contributed by atoms with E-state index in [0.29, 0.717) is 24.5 Å². The molecule has 0 aromatic carbocycles. The molecule has 2 heterocycles. The average Bonchev–Trinajstić information content (AvgIpc) is 2.80. The van der Waals surface area contributed by atoms with Crippen molar-refractivity contribution in [1.82, 2.24) is 4.90 Å². The third-order valence-electron chi connectivity index (χ3n) is 2.70. The van der Waals surface area contributed by atoms with Gasteiger partial charge in [0, 0.05) is 12.3 Å². The van der Waals surface area contributed by atoms with Gasteiger partial charge in [-0.05, 0) is 12.1 Å². The Bertz CT molecular complexity index is 425. The molecule has 2 N–H and O–H groups in total. The lowest BCUT2D eigenvalue weighted by atomic mass is 10.1. The minimum Gasteiger partial charge on any atom is -0.463 e. The van der Waals surface area contributed by atoms with E-state index in [9.17, 15) is 9.59 Å². The predicted molar refractivity (Wildman–Crippen MR) is 55.9 cm³/mol. The summed E-state index contributed by atoms with van der Waals surface area (Å²) in [5, 5.41) is 0. The van der Waals surface area contributed by atoms with E-state index in [4.69, 9.17) is 10.2 Å². The number of furan rings is 1. The lowest BCUT2D eigenvalue weighted by Gasteiger charge is -2.11. The Balaban J connectivity index is 2.09. The quantitative estimate of drug-likeness (QED) is 0.761. The molecule has 2 amide bonds. The van der Waals surface area contributed by atoms with E-state index in [1.165, 1.54) is 4.90 Å².